The van der Waals surface area contributed by atoms with E-state index in [1.54, 1.807) is 6.08 Å². The van der Waals surface area contributed by atoms with Crippen molar-refractivity contribution >= 4 is 23.1 Å². The fourth-order valence-corrected chi connectivity index (χ4v) is 0. The Bertz CT molecular complexity index is 35.1. The normalized spacial score (nSPS) is 10.0. The summed E-state index contributed by atoms with van der Waals surface area (Å²) in [7, 11) is 0. The van der Waals surface area contributed by atoms with Crippen LogP contribution in [-0.4, -0.2) is 23.1 Å². The zero-order valence-corrected chi connectivity index (χ0v) is 7.65. The molecule has 0 aromatic heterocycles. The van der Waals surface area contributed by atoms with Crippen LogP contribution in [0.15, 0.2) is 12.7 Å². The molecule has 0 heterocycles. The van der Waals surface area contributed by atoms with Gasteiger partial charge in [0.15, 0.2) is 0 Å². The third kappa shape index (κ3) is 19.5. The van der Waals surface area contributed by atoms with Crippen molar-refractivity contribution in [2.45, 2.75) is 6.92 Å². The van der Waals surface area contributed by atoms with E-state index in [1.165, 1.54) is 0 Å². The van der Waals surface area contributed by atoms with E-state index in [9.17, 15) is 0 Å². The van der Waals surface area contributed by atoms with E-state index in [2.05, 4.69) is 13.5 Å². The topological polar surface area (TPSA) is 0 Å². The Morgan fingerprint density at radius 3 is 1.86 bits per heavy atom. The fourth-order valence-electron chi connectivity index (χ4n) is 0. The SMILES string of the molecule is C=CC([CH2-])C.[Br-].[Mg+2]. The summed E-state index contributed by atoms with van der Waals surface area (Å²) >= 11 is 0. The third-order valence-corrected chi connectivity index (χ3v) is 0.402. The van der Waals surface area contributed by atoms with Crippen molar-refractivity contribution in [3.63, 3.8) is 0 Å². The van der Waals surface area contributed by atoms with Crippen molar-refractivity contribution in [2.24, 2.45) is 5.92 Å². The van der Waals surface area contributed by atoms with Gasteiger partial charge in [-0.1, -0.05) is 6.92 Å². The van der Waals surface area contributed by atoms with Crippen LogP contribution in [-0.2, 0) is 0 Å². The molecule has 0 saturated carbocycles. The monoisotopic (exact) mass is 172 g/mol. The molecule has 0 aliphatic rings. The molecule has 0 aliphatic heterocycles. The van der Waals surface area contributed by atoms with E-state index < -0.39 is 0 Å². The van der Waals surface area contributed by atoms with E-state index >= 15 is 0 Å². The third-order valence-electron chi connectivity index (χ3n) is 0.402. The summed E-state index contributed by atoms with van der Waals surface area (Å²) < 4.78 is 0. The maximum Gasteiger partial charge on any atom is 2.00 e. The molecule has 1 atom stereocenters. The van der Waals surface area contributed by atoms with Crippen molar-refractivity contribution in [1.82, 2.24) is 0 Å². The molecule has 0 aromatic carbocycles. The molecule has 0 aromatic rings. The Kier molecular flexibility index (Phi) is 22.6. The Morgan fingerprint density at radius 2 is 1.86 bits per heavy atom. The molecule has 0 spiro atoms. The standard InChI is InChI=1S/C5H9.BrH.Mg/c1-4-5(2)3;;/h4-5H,1-2H2,3H3;1H;/q-1;;+2/p-1. The molecule has 1 unspecified atom stereocenters. The maximum atomic E-state index is 3.64. The van der Waals surface area contributed by atoms with Gasteiger partial charge in [0.1, 0.15) is 0 Å². The van der Waals surface area contributed by atoms with Crippen LogP contribution in [0.2, 0.25) is 0 Å². The van der Waals surface area contributed by atoms with Crippen molar-refractivity contribution in [2.75, 3.05) is 0 Å². The Morgan fingerprint density at radius 1 is 1.71 bits per heavy atom. The van der Waals surface area contributed by atoms with Gasteiger partial charge in [-0.25, -0.2) is 0 Å². The van der Waals surface area contributed by atoms with Gasteiger partial charge in [0.05, 0.1) is 0 Å². The first-order valence-corrected chi connectivity index (χ1v) is 1.73. The van der Waals surface area contributed by atoms with Gasteiger partial charge in [-0.15, -0.1) is 12.7 Å². The second-order valence-corrected chi connectivity index (χ2v) is 1.21. The van der Waals surface area contributed by atoms with Crippen LogP contribution >= 0.6 is 0 Å². The molecule has 0 rings (SSSR count). The van der Waals surface area contributed by atoms with E-state index in [1.807, 2.05) is 6.92 Å². The second-order valence-electron chi connectivity index (χ2n) is 1.21. The average Bonchev–Trinajstić information content (AvgIpc) is 1.38. The van der Waals surface area contributed by atoms with Crippen molar-refractivity contribution in [3.05, 3.63) is 19.6 Å². The summed E-state index contributed by atoms with van der Waals surface area (Å²) in [5.41, 5.74) is 0. The first-order chi connectivity index (χ1) is 2.27. The molecule has 0 N–H and O–H groups in total. The molecule has 0 fully saturated rings. The molecule has 38 valence electrons. The Balaban J connectivity index is -0.0000000800. The van der Waals surface area contributed by atoms with Crippen LogP contribution in [0.5, 0.6) is 0 Å². The van der Waals surface area contributed by atoms with Gasteiger partial charge in [-0.3, -0.25) is 0 Å². The minimum absolute atomic E-state index is 0. The summed E-state index contributed by atoms with van der Waals surface area (Å²) in [6, 6.07) is 0. The number of halogens is 1. The van der Waals surface area contributed by atoms with Crippen LogP contribution in [0.3, 0.4) is 0 Å². The van der Waals surface area contributed by atoms with Gasteiger partial charge < -0.3 is 23.9 Å². The van der Waals surface area contributed by atoms with Crippen LogP contribution < -0.4 is 17.0 Å². The summed E-state index contributed by atoms with van der Waals surface area (Å²) in [4.78, 5) is 0. The molecule has 7 heavy (non-hydrogen) atoms. The molecule has 0 aliphatic carbocycles. The van der Waals surface area contributed by atoms with E-state index in [4.69, 9.17) is 0 Å². The molecule has 2 heteroatoms. The van der Waals surface area contributed by atoms with Crippen molar-refractivity contribution in [1.29, 1.82) is 0 Å². The quantitative estimate of drug-likeness (QED) is 0.251. The van der Waals surface area contributed by atoms with Crippen LogP contribution in [0.1, 0.15) is 6.92 Å². The van der Waals surface area contributed by atoms with Gasteiger partial charge in [0.25, 0.3) is 0 Å². The van der Waals surface area contributed by atoms with E-state index in [-0.39, 0.29) is 40.0 Å². The summed E-state index contributed by atoms with van der Waals surface area (Å²) in [5.74, 6) is 0.398. The molecule has 0 radical (unpaired) electrons. The number of allylic oxidation sites excluding steroid dienone is 1. The van der Waals surface area contributed by atoms with Crippen LogP contribution in [0.25, 0.3) is 0 Å². The summed E-state index contributed by atoms with van der Waals surface area (Å²) in [6.07, 6.45) is 1.81. The molecule has 0 bridgehead atoms. The Hall–Kier alpha value is 0.986. The molecule has 0 saturated heterocycles. The zero-order valence-electron chi connectivity index (χ0n) is 4.65. The van der Waals surface area contributed by atoms with Gasteiger partial charge in [-0.05, 0) is 0 Å². The van der Waals surface area contributed by atoms with Gasteiger partial charge in [0, 0.05) is 0 Å². The minimum atomic E-state index is 0. The predicted octanol–water partition coefficient (Wildman–Crippen LogP) is -1.73. The number of hydrogen-bond acceptors (Lipinski definition) is 0. The predicted molar refractivity (Wildman–Crippen MR) is 30.5 cm³/mol. The fraction of sp³-hybridized carbons (Fsp3) is 0.400. The Labute approximate surface area is 72.3 Å². The molecular formula is C5H9BrMg. The first kappa shape index (κ1) is 15.7. The largest absolute Gasteiger partial charge is 2.00 e. The van der Waals surface area contributed by atoms with Gasteiger partial charge >= 0.3 is 23.1 Å². The first-order valence-electron chi connectivity index (χ1n) is 1.73. The molecule has 0 nitrogen and oxygen atoms in total. The minimum Gasteiger partial charge on any atom is -1.00 e. The number of hydrogen-bond donors (Lipinski definition) is 0. The van der Waals surface area contributed by atoms with Crippen molar-refractivity contribution in [3.8, 4) is 0 Å². The van der Waals surface area contributed by atoms with Crippen molar-refractivity contribution < 1.29 is 17.0 Å². The molecular weight excluding hydrogens is 164 g/mol. The van der Waals surface area contributed by atoms with Crippen LogP contribution in [0.4, 0.5) is 0 Å². The number of rotatable bonds is 1. The van der Waals surface area contributed by atoms with Gasteiger partial charge in [0.2, 0.25) is 0 Å². The van der Waals surface area contributed by atoms with E-state index in [0.717, 1.165) is 0 Å². The zero-order chi connectivity index (χ0) is 4.28. The van der Waals surface area contributed by atoms with E-state index in [0.29, 0.717) is 5.92 Å². The maximum absolute atomic E-state index is 3.64. The average molecular weight is 173 g/mol. The summed E-state index contributed by atoms with van der Waals surface area (Å²) in [5, 5.41) is 0. The second kappa shape index (κ2) is 10.1. The smallest absolute Gasteiger partial charge is 1.00 e. The summed E-state index contributed by atoms with van der Waals surface area (Å²) in [6.45, 7) is 9.13. The van der Waals surface area contributed by atoms with Crippen LogP contribution in [0, 0.1) is 12.8 Å². The van der Waals surface area contributed by atoms with Gasteiger partial charge in [-0.2, -0.15) is 5.92 Å². The molecule has 0 amide bonds.